The molecule has 0 bridgehead atoms. The Labute approximate surface area is 128 Å². The smallest absolute Gasteiger partial charge is 0.254 e. The minimum absolute atomic E-state index is 0.0293. The topological polar surface area (TPSA) is 62.5 Å². The number of amides is 1. The van der Waals surface area contributed by atoms with Gasteiger partial charge in [0.15, 0.2) is 0 Å². The van der Waals surface area contributed by atoms with E-state index in [-0.39, 0.29) is 11.3 Å². The Bertz CT molecular complexity index is 454. The summed E-state index contributed by atoms with van der Waals surface area (Å²) in [6, 6.07) is 3.75. The number of anilines is 1. The van der Waals surface area contributed by atoms with Crippen LogP contribution in [0.5, 0.6) is 0 Å². The number of carbonyl (C=O) groups is 1. The van der Waals surface area contributed by atoms with Gasteiger partial charge in [-0.2, -0.15) is 0 Å². The van der Waals surface area contributed by atoms with E-state index in [0.717, 1.165) is 25.3 Å². The third kappa shape index (κ3) is 5.01. The third-order valence-corrected chi connectivity index (χ3v) is 3.39. The quantitative estimate of drug-likeness (QED) is 0.835. The molecule has 0 unspecified atom stereocenters. The van der Waals surface area contributed by atoms with Crippen LogP contribution in [0.15, 0.2) is 18.3 Å². The monoisotopic (exact) mass is 292 g/mol. The largest absolute Gasteiger partial charge is 0.356 e. The summed E-state index contributed by atoms with van der Waals surface area (Å²) in [7, 11) is 3.48. The van der Waals surface area contributed by atoms with Crippen LogP contribution >= 0.6 is 0 Å². The summed E-state index contributed by atoms with van der Waals surface area (Å²) in [4.78, 5) is 20.1. The van der Waals surface area contributed by atoms with Crippen molar-refractivity contribution in [2.24, 2.45) is 11.1 Å². The molecule has 0 atom stereocenters. The van der Waals surface area contributed by atoms with Crippen molar-refractivity contribution < 1.29 is 4.79 Å². The molecule has 1 aromatic rings. The molecule has 0 spiro atoms. The Morgan fingerprint density at radius 2 is 2.00 bits per heavy atom. The molecular weight excluding hydrogens is 264 g/mol. The standard InChI is InChI=1S/C16H28N4O/c1-6-9-20(12-16(2,3)11-17)14-8-7-13(10-18-14)15(21)19(4)5/h7-8,10H,6,9,11-12,17H2,1-5H3. The maximum Gasteiger partial charge on any atom is 0.254 e. The molecule has 0 saturated heterocycles. The van der Waals surface area contributed by atoms with Gasteiger partial charge in [0.25, 0.3) is 5.91 Å². The number of carbonyl (C=O) groups excluding carboxylic acids is 1. The van der Waals surface area contributed by atoms with E-state index in [0.29, 0.717) is 12.1 Å². The molecule has 2 N–H and O–H groups in total. The average Bonchev–Trinajstić information content (AvgIpc) is 2.46. The van der Waals surface area contributed by atoms with Gasteiger partial charge in [0.1, 0.15) is 5.82 Å². The molecule has 0 aliphatic heterocycles. The average molecular weight is 292 g/mol. The van der Waals surface area contributed by atoms with Gasteiger partial charge in [-0.3, -0.25) is 4.79 Å². The normalized spacial score (nSPS) is 11.3. The molecule has 118 valence electrons. The Morgan fingerprint density at radius 1 is 1.33 bits per heavy atom. The van der Waals surface area contributed by atoms with E-state index in [4.69, 9.17) is 5.73 Å². The van der Waals surface area contributed by atoms with Crippen molar-refractivity contribution in [3.63, 3.8) is 0 Å². The fourth-order valence-electron chi connectivity index (χ4n) is 2.08. The molecule has 0 aliphatic carbocycles. The fourth-order valence-corrected chi connectivity index (χ4v) is 2.08. The van der Waals surface area contributed by atoms with Crippen LogP contribution in [-0.4, -0.2) is 49.5 Å². The molecule has 1 aromatic heterocycles. The molecule has 5 heteroatoms. The second-order valence-electron chi connectivity index (χ2n) is 6.39. The highest BCUT2D eigenvalue weighted by atomic mass is 16.2. The molecule has 0 fully saturated rings. The SMILES string of the molecule is CCCN(CC(C)(C)CN)c1ccc(C(=O)N(C)C)cn1. The van der Waals surface area contributed by atoms with Crippen molar-refractivity contribution in [1.29, 1.82) is 0 Å². The second kappa shape index (κ2) is 7.41. The van der Waals surface area contributed by atoms with Crippen LogP contribution in [0.4, 0.5) is 5.82 Å². The zero-order valence-electron chi connectivity index (χ0n) is 13.9. The number of pyridine rings is 1. The maximum absolute atomic E-state index is 11.9. The van der Waals surface area contributed by atoms with Crippen molar-refractivity contribution in [3.05, 3.63) is 23.9 Å². The number of nitrogens with zero attached hydrogens (tertiary/aromatic N) is 3. The molecule has 1 amide bonds. The predicted octanol–water partition coefficient (Wildman–Crippen LogP) is 1.98. The molecule has 0 aromatic carbocycles. The summed E-state index contributed by atoms with van der Waals surface area (Å²) in [5.41, 5.74) is 6.47. The highest BCUT2D eigenvalue weighted by molar-refractivity contribution is 5.93. The van der Waals surface area contributed by atoms with Crippen molar-refractivity contribution in [2.75, 3.05) is 38.6 Å². The maximum atomic E-state index is 11.9. The van der Waals surface area contributed by atoms with E-state index >= 15 is 0 Å². The molecule has 0 saturated carbocycles. The van der Waals surface area contributed by atoms with Gasteiger partial charge in [-0.15, -0.1) is 0 Å². The third-order valence-electron chi connectivity index (χ3n) is 3.39. The first kappa shape index (κ1) is 17.4. The van der Waals surface area contributed by atoms with Gasteiger partial charge in [-0.05, 0) is 30.5 Å². The Morgan fingerprint density at radius 3 is 2.43 bits per heavy atom. The summed E-state index contributed by atoms with van der Waals surface area (Å²) in [6.45, 7) is 8.86. The number of hydrogen-bond donors (Lipinski definition) is 1. The summed E-state index contributed by atoms with van der Waals surface area (Å²) in [6.07, 6.45) is 2.69. The zero-order valence-corrected chi connectivity index (χ0v) is 13.9. The van der Waals surface area contributed by atoms with Crippen molar-refractivity contribution >= 4 is 11.7 Å². The summed E-state index contributed by atoms with van der Waals surface area (Å²) in [5, 5.41) is 0. The van der Waals surface area contributed by atoms with E-state index in [2.05, 4.69) is 30.7 Å². The predicted molar refractivity (Wildman–Crippen MR) is 87.6 cm³/mol. The van der Waals surface area contributed by atoms with E-state index in [1.807, 2.05) is 12.1 Å². The Balaban J connectivity index is 2.92. The van der Waals surface area contributed by atoms with Crippen LogP contribution in [0.2, 0.25) is 0 Å². The molecule has 5 nitrogen and oxygen atoms in total. The summed E-state index contributed by atoms with van der Waals surface area (Å²) in [5.74, 6) is 0.868. The fraction of sp³-hybridized carbons (Fsp3) is 0.625. The number of aromatic nitrogens is 1. The van der Waals surface area contributed by atoms with Crippen molar-refractivity contribution in [2.45, 2.75) is 27.2 Å². The highest BCUT2D eigenvalue weighted by Crippen LogP contribution is 2.20. The minimum atomic E-state index is -0.0293. The van der Waals surface area contributed by atoms with E-state index in [9.17, 15) is 4.79 Å². The molecule has 1 rings (SSSR count). The van der Waals surface area contributed by atoms with Crippen LogP contribution < -0.4 is 10.6 Å². The van der Waals surface area contributed by atoms with E-state index in [1.54, 1.807) is 25.2 Å². The van der Waals surface area contributed by atoms with Gasteiger partial charge in [0.2, 0.25) is 0 Å². The van der Waals surface area contributed by atoms with Crippen molar-refractivity contribution in [3.8, 4) is 0 Å². The number of hydrogen-bond acceptors (Lipinski definition) is 4. The van der Waals surface area contributed by atoms with Crippen LogP contribution in [-0.2, 0) is 0 Å². The lowest BCUT2D eigenvalue weighted by atomic mass is 9.93. The first-order valence-corrected chi connectivity index (χ1v) is 7.43. The Kier molecular flexibility index (Phi) is 6.15. The van der Waals surface area contributed by atoms with Crippen LogP contribution in [0.3, 0.4) is 0 Å². The lowest BCUT2D eigenvalue weighted by Crippen LogP contribution is -2.39. The first-order chi connectivity index (χ1) is 9.80. The van der Waals surface area contributed by atoms with E-state index in [1.165, 1.54) is 0 Å². The Hall–Kier alpha value is -1.62. The summed E-state index contributed by atoms with van der Waals surface area (Å²) >= 11 is 0. The molecule has 21 heavy (non-hydrogen) atoms. The van der Waals surface area contributed by atoms with Gasteiger partial charge in [0, 0.05) is 33.4 Å². The van der Waals surface area contributed by atoms with Gasteiger partial charge in [-0.1, -0.05) is 20.8 Å². The zero-order chi connectivity index (χ0) is 16.0. The molecular formula is C16H28N4O. The summed E-state index contributed by atoms with van der Waals surface area (Å²) < 4.78 is 0. The van der Waals surface area contributed by atoms with Crippen LogP contribution in [0.25, 0.3) is 0 Å². The lowest BCUT2D eigenvalue weighted by molar-refractivity contribution is 0.0827. The highest BCUT2D eigenvalue weighted by Gasteiger charge is 2.21. The van der Waals surface area contributed by atoms with Gasteiger partial charge < -0.3 is 15.5 Å². The molecule has 0 aliphatic rings. The lowest BCUT2D eigenvalue weighted by Gasteiger charge is -2.32. The number of nitrogens with two attached hydrogens (primary N) is 1. The molecule has 0 radical (unpaired) electrons. The van der Waals surface area contributed by atoms with Gasteiger partial charge in [0.05, 0.1) is 5.56 Å². The minimum Gasteiger partial charge on any atom is -0.356 e. The van der Waals surface area contributed by atoms with Gasteiger partial charge >= 0.3 is 0 Å². The first-order valence-electron chi connectivity index (χ1n) is 7.43. The van der Waals surface area contributed by atoms with Gasteiger partial charge in [-0.25, -0.2) is 4.98 Å². The van der Waals surface area contributed by atoms with Crippen LogP contribution in [0, 0.1) is 5.41 Å². The van der Waals surface area contributed by atoms with E-state index < -0.39 is 0 Å². The van der Waals surface area contributed by atoms with Crippen LogP contribution in [0.1, 0.15) is 37.6 Å². The molecule has 1 heterocycles. The second-order valence-corrected chi connectivity index (χ2v) is 6.39. The van der Waals surface area contributed by atoms with Crippen molar-refractivity contribution in [1.82, 2.24) is 9.88 Å². The number of rotatable bonds is 7.